The van der Waals surface area contributed by atoms with Gasteiger partial charge < -0.3 is 14.6 Å². The number of H-pyrrole nitrogens is 1. The lowest BCUT2D eigenvalue weighted by atomic mass is 10.2. The number of hydrogen-bond donors (Lipinski definition) is 1. The Morgan fingerprint density at radius 3 is 2.58 bits per heavy atom. The highest BCUT2D eigenvalue weighted by molar-refractivity contribution is 5.54. The van der Waals surface area contributed by atoms with Gasteiger partial charge in [-0.05, 0) is 12.1 Å². The van der Waals surface area contributed by atoms with Gasteiger partial charge in [0.05, 0.1) is 12.8 Å². The fraction of sp³-hybridized carbons (Fsp3) is 0.286. The van der Waals surface area contributed by atoms with E-state index in [0.717, 1.165) is 55.6 Å². The molecular formula is C21H24N4O. The van der Waals surface area contributed by atoms with Crippen LogP contribution >= 0.6 is 0 Å². The van der Waals surface area contributed by atoms with Crippen LogP contribution < -0.4 is 9.64 Å². The molecule has 1 aromatic heterocycles. The minimum atomic E-state index is 0.884. The van der Waals surface area contributed by atoms with Crippen molar-refractivity contribution in [3.8, 4) is 17.1 Å². The van der Waals surface area contributed by atoms with Gasteiger partial charge in [-0.2, -0.15) is 0 Å². The third-order valence-electron chi connectivity index (χ3n) is 4.85. The molecule has 0 amide bonds. The van der Waals surface area contributed by atoms with E-state index >= 15 is 0 Å². The van der Waals surface area contributed by atoms with E-state index in [1.165, 1.54) is 5.69 Å². The third-order valence-corrected chi connectivity index (χ3v) is 4.85. The quantitative estimate of drug-likeness (QED) is 0.767. The maximum absolute atomic E-state index is 5.34. The number of methoxy groups -OCH3 is 1. The Balaban J connectivity index is 1.35. The van der Waals surface area contributed by atoms with Gasteiger partial charge in [-0.1, -0.05) is 36.4 Å². The van der Waals surface area contributed by atoms with Gasteiger partial charge >= 0.3 is 0 Å². The summed E-state index contributed by atoms with van der Waals surface area (Å²) in [6.45, 7) is 4.98. The molecular weight excluding hydrogens is 324 g/mol. The van der Waals surface area contributed by atoms with Crippen molar-refractivity contribution in [3.63, 3.8) is 0 Å². The van der Waals surface area contributed by atoms with Gasteiger partial charge in [0.1, 0.15) is 11.6 Å². The molecule has 0 saturated carbocycles. The molecule has 1 saturated heterocycles. The van der Waals surface area contributed by atoms with Crippen LogP contribution in [0, 0.1) is 0 Å². The number of nitrogens with zero attached hydrogens (tertiary/aromatic N) is 3. The minimum absolute atomic E-state index is 0.884. The fourth-order valence-electron chi connectivity index (χ4n) is 3.39. The van der Waals surface area contributed by atoms with Crippen molar-refractivity contribution < 1.29 is 4.74 Å². The molecule has 1 aliphatic rings. The molecule has 0 bridgehead atoms. The summed E-state index contributed by atoms with van der Waals surface area (Å²) in [5, 5.41) is 0. The van der Waals surface area contributed by atoms with E-state index in [9.17, 15) is 0 Å². The summed E-state index contributed by atoms with van der Waals surface area (Å²) < 4.78 is 5.34. The Labute approximate surface area is 154 Å². The van der Waals surface area contributed by atoms with Crippen LogP contribution in [0.25, 0.3) is 11.4 Å². The standard InChI is InChI=1S/C21H24N4O/c1-26-20-9-5-8-19(14-20)25-12-10-24(11-13-25)16-18-15-22-21(23-18)17-6-3-2-4-7-17/h2-9,14-15H,10-13,16H2,1H3,(H,22,23). The summed E-state index contributed by atoms with van der Waals surface area (Å²) in [6, 6.07) is 18.6. The van der Waals surface area contributed by atoms with Crippen LogP contribution in [0.3, 0.4) is 0 Å². The molecule has 0 atom stereocenters. The number of benzene rings is 2. The van der Waals surface area contributed by atoms with Gasteiger partial charge in [-0.15, -0.1) is 0 Å². The molecule has 1 fully saturated rings. The topological polar surface area (TPSA) is 44.4 Å². The van der Waals surface area contributed by atoms with Crippen molar-refractivity contribution in [2.24, 2.45) is 0 Å². The molecule has 0 spiro atoms. The van der Waals surface area contributed by atoms with Crippen molar-refractivity contribution in [1.29, 1.82) is 0 Å². The molecule has 0 radical (unpaired) electrons. The number of nitrogens with one attached hydrogen (secondary N) is 1. The summed E-state index contributed by atoms with van der Waals surface area (Å²) in [5.74, 6) is 1.85. The van der Waals surface area contributed by atoms with Gasteiger partial charge in [-0.3, -0.25) is 4.90 Å². The first-order valence-electron chi connectivity index (χ1n) is 9.03. The smallest absolute Gasteiger partial charge is 0.137 e. The molecule has 2 aromatic carbocycles. The van der Waals surface area contributed by atoms with Crippen molar-refractivity contribution in [2.45, 2.75) is 6.54 Å². The van der Waals surface area contributed by atoms with Crippen molar-refractivity contribution in [1.82, 2.24) is 14.9 Å². The van der Waals surface area contributed by atoms with E-state index < -0.39 is 0 Å². The molecule has 3 aromatic rings. The van der Waals surface area contributed by atoms with Gasteiger partial charge in [0, 0.05) is 56.2 Å². The Morgan fingerprint density at radius 2 is 1.81 bits per heavy atom. The first kappa shape index (κ1) is 16.7. The average molecular weight is 348 g/mol. The molecule has 2 heterocycles. The van der Waals surface area contributed by atoms with Crippen LogP contribution in [0.5, 0.6) is 5.75 Å². The minimum Gasteiger partial charge on any atom is -0.497 e. The summed E-state index contributed by atoms with van der Waals surface area (Å²) in [7, 11) is 1.71. The van der Waals surface area contributed by atoms with Gasteiger partial charge in [0.15, 0.2) is 0 Å². The van der Waals surface area contributed by atoms with Crippen LogP contribution in [-0.2, 0) is 6.54 Å². The van der Waals surface area contributed by atoms with Crippen molar-refractivity contribution in [2.75, 3.05) is 38.2 Å². The molecule has 5 heteroatoms. The van der Waals surface area contributed by atoms with Crippen LogP contribution in [0.1, 0.15) is 5.69 Å². The summed E-state index contributed by atoms with van der Waals surface area (Å²) >= 11 is 0. The zero-order valence-corrected chi connectivity index (χ0v) is 15.1. The van der Waals surface area contributed by atoms with E-state index in [4.69, 9.17) is 9.72 Å². The molecule has 0 unspecified atom stereocenters. The molecule has 5 nitrogen and oxygen atoms in total. The average Bonchev–Trinajstić information content (AvgIpc) is 3.18. The zero-order valence-electron chi connectivity index (χ0n) is 15.1. The summed E-state index contributed by atoms with van der Waals surface area (Å²) in [4.78, 5) is 12.9. The number of piperazine rings is 1. The molecule has 4 rings (SSSR count). The Morgan fingerprint density at radius 1 is 1.00 bits per heavy atom. The number of rotatable bonds is 5. The van der Waals surface area contributed by atoms with Crippen LogP contribution in [0.2, 0.25) is 0 Å². The lowest BCUT2D eigenvalue weighted by molar-refractivity contribution is 0.247. The number of imidazole rings is 1. The predicted molar refractivity (Wildman–Crippen MR) is 105 cm³/mol. The fourth-order valence-corrected chi connectivity index (χ4v) is 3.39. The largest absolute Gasteiger partial charge is 0.497 e. The Hall–Kier alpha value is -2.79. The third kappa shape index (κ3) is 3.73. The Bertz CT molecular complexity index is 838. The van der Waals surface area contributed by atoms with Crippen LogP contribution in [-0.4, -0.2) is 48.2 Å². The number of ether oxygens (including phenoxy) is 1. The van der Waals surface area contributed by atoms with Crippen LogP contribution in [0.15, 0.2) is 60.8 Å². The molecule has 1 N–H and O–H groups in total. The number of aromatic amines is 1. The summed E-state index contributed by atoms with van der Waals surface area (Å²) in [5.41, 5.74) is 3.45. The Kier molecular flexibility index (Phi) is 4.88. The van der Waals surface area contributed by atoms with E-state index in [-0.39, 0.29) is 0 Å². The first-order valence-corrected chi connectivity index (χ1v) is 9.03. The van der Waals surface area contributed by atoms with E-state index in [1.807, 2.05) is 30.5 Å². The molecule has 134 valence electrons. The second-order valence-electron chi connectivity index (χ2n) is 6.57. The van der Waals surface area contributed by atoms with Gasteiger partial charge in [0.25, 0.3) is 0 Å². The zero-order chi connectivity index (χ0) is 17.8. The van der Waals surface area contributed by atoms with Crippen LogP contribution in [0.4, 0.5) is 5.69 Å². The number of hydrogen-bond acceptors (Lipinski definition) is 4. The second kappa shape index (κ2) is 7.62. The maximum Gasteiger partial charge on any atom is 0.137 e. The predicted octanol–water partition coefficient (Wildman–Crippen LogP) is 3.41. The summed E-state index contributed by atoms with van der Waals surface area (Å²) in [6.07, 6.45) is 2.02. The molecule has 26 heavy (non-hydrogen) atoms. The normalized spacial score (nSPS) is 15.2. The first-order chi connectivity index (χ1) is 12.8. The lowest BCUT2D eigenvalue weighted by Gasteiger charge is -2.35. The maximum atomic E-state index is 5.34. The highest BCUT2D eigenvalue weighted by Gasteiger charge is 2.18. The second-order valence-corrected chi connectivity index (χ2v) is 6.57. The SMILES string of the molecule is COc1cccc(N2CCN(Cc3c[nH]c(-c4ccccc4)n3)CC2)c1. The van der Waals surface area contributed by atoms with Crippen molar-refractivity contribution in [3.05, 3.63) is 66.5 Å². The van der Waals surface area contributed by atoms with E-state index in [2.05, 4.69) is 45.1 Å². The van der Waals surface area contributed by atoms with Gasteiger partial charge in [0.2, 0.25) is 0 Å². The van der Waals surface area contributed by atoms with E-state index in [0.29, 0.717) is 0 Å². The molecule has 1 aliphatic heterocycles. The van der Waals surface area contributed by atoms with Crippen molar-refractivity contribution >= 4 is 5.69 Å². The monoisotopic (exact) mass is 348 g/mol. The molecule has 0 aliphatic carbocycles. The lowest BCUT2D eigenvalue weighted by Crippen LogP contribution is -2.46. The number of aromatic nitrogens is 2. The highest BCUT2D eigenvalue weighted by Crippen LogP contribution is 2.22. The number of anilines is 1. The van der Waals surface area contributed by atoms with E-state index in [1.54, 1.807) is 7.11 Å². The van der Waals surface area contributed by atoms with Gasteiger partial charge in [-0.25, -0.2) is 4.98 Å². The highest BCUT2D eigenvalue weighted by atomic mass is 16.5.